The van der Waals surface area contributed by atoms with Crippen molar-refractivity contribution in [3.63, 3.8) is 0 Å². The average molecular weight is 286 g/mol. The molecule has 0 fully saturated rings. The molecule has 0 saturated heterocycles. The van der Waals surface area contributed by atoms with Crippen molar-refractivity contribution in [3.8, 4) is 0 Å². The summed E-state index contributed by atoms with van der Waals surface area (Å²) < 4.78 is 17.9. The fraction of sp³-hybridized carbons (Fsp3) is 0.333. The molecule has 0 aliphatic rings. The Labute approximate surface area is 114 Å². The third-order valence-corrected chi connectivity index (χ3v) is 3.00. The van der Waals surface area contributed by atoms with Crippen molar-refractivity contribution in [2.45, 2.75) is 25.5 Å². The molecule has 19 heavy (non-hydrogen) atoms. The van der Waals surface area contributed by atoms with Crippen LogP contribution in [-0.2, 0) is 6.42 Å². The van der Waals surface area contributed by atoms with Gasteiger partial charge in [-0.15, -0.1) is 0 Å². The quantitative estimate of drug-likeness (QED) is 0.895. The fourth-order valence-corrected chi connectivity index (χ4v) is 1.75. The largest absolute Gasteiger partial charge is 0.391 e. The summed E-state index contributed by atoms with van der Waals surface area (Å²) in [6.45, 7) is 1.53. The Morgan fingerprint density at radius 3 is 2.89 bits per heavy atom. The predicted molar refractivity (Wildman–Crippen MR) is 67.1 cm³/mol. The highest BCUT2D eigenvalue weighted by molar-refractivity contribution is 6.31. The van der Waals surface area contributed by atoms with Gasteiger partial charge >= 0.3 is 0 Å². The Bertz CT molecular complexity index is 574. The van der Waals surface area contributed by atoms with E-state index >= 15 is 0 Å². The van der Waals surface area contributed by atoms with E-state index < -0.39 is 18.0 Å². The highest BCUT2D eigenvalue weighted by atomic mass is 35.5. The summed E-state index contributed by atoms with van der Waals surface area (Å²) >= 11 is 5.91. The minimum atomic E-state index is -0.789. The topological polar surface area (TPSA) is 85.2 Å². The molecule has 0 amide bonds. The lowest BCUT2D eigenvalue weighted by atomic mass is 10.1. The van der Waals surface area contributed by atoms with E-state index in [-0.39, 0.29) is 5.89 Å². The van der Waals surface area contributed by atoms with Gasteiger partial charge in [0.2, 0.25) is 5.89 Å². The summed E-state index contributed by atoms with van der Waals surface area (Å²) in [6, 6.07) is 3.36. The summed E-state index contributed by atoms with van der Waals surface area (Å²) in [7, 11) is 0. The van der Waals surface area contributed by atoms with Gasteiger partial charge in [0.05, 0.1) is 6.10 Å². The van der Waals surface area contributed by atoms with Crippen LogP contribution in [0.25, 0.3) is 0 Å². The zero-order chi connectivity index (χ0) is 14.0. The number of hydrogen-bond donors (Lipinski definition) is 2. The van der Waals surface area contributed by atoms with Crippen LogP contribution in [0.5, 0.6) is 0 Å². The summed E-state index contributed by atoms with van der Waals surface area (Å²) in [5.74, 6) is 0.126. The Balaban J connectivity index is 2.16. The van der Waals surface area contributed by atoms with Crippen molar-refractivity contribution in [2.24, 2.45) is 5.73 Å². The molecule has 0 radical (unpaired) electrons. The van der Waals surface area contributed by atoms with E-state index in [1.807, 2.05) is 0 Å². The molecule has 102 valence electrons. The van der Waals surface area contributed by atoms with Crippen LogP contribution in [0, 0.1) is 5.82 Å². The Hall–Kier alpha value is -1.50. The molecular formula is C12H13ClFN3O2. The first-order valence-corrected chi connectivity index (χ1v) is 6.05. The molecule has 0 saturated carbocycles. The molecule has 7 heteroatoms. The number of nitrogens with zero attached hydrogens (tertiary/aromatic N) is 2. The Kier molecular flexibility index (Phi) is 4.14. The number of aliphatic hydroxyl groups is 1. The minimum Gasteiger partial charge on any atom is -0.391 e. The number of nitrogens with two attached hydrogens (primary N) is 1. The van der Waals surface area contributed by atoms with Gasteiger partial charge in [-0.05, 0) is 24.6 Å². The lowest BCUT2D eigenvalue weighted by molar-refractivity contribution is 0.146. The third-order valence-electron chi connectivity index (χ3n) is 2.65. The molecule has 2 atom stereocenters. The number of benzene rings is 1. The van der Waals surface area contributed by atoms with Crippen LogP contribution in [0.4, 0.5) is 4.39 Å². The first-order valence-electron chi connectivity index (χ1n) is 5.67. The number of hydrogen-bond acceptors (Lipinski definition) is 5. The molecule has 3 N–H and O–H groups in total. The maximum absolute atomic E-state index is 12.9. The van der Waals surface area contributed by atoms with Crippen LogP contribution in [-0.4, -0.2) is 21.4 Å². The third kappa shape index (κ3) is 3.28. The van der Waals surface area contributed by atoms with Gasteiger partial charge in [0.1, 0.15) is 11.9 Å². The van der Waals surface area contributed by atoms with Gasteiger partial charge in [-0.25, -0.2) is 4.39 Å². The molecule has 2 rings (SSSR count). The maximum atomic E-state index is 12.9. The van der Waals surface area contributed by atoms with E-state index in [1.54, 1.807) is 6.07 Å². The molecule has 1 aromatic heterocycles. The van der Waals surface area contributed by atoms with Gasteiger partial charge < -0.3 is 15.4 Å². The number of rotatable bonds is 4. The van der Waals surface area contributed by atoms with Gasteiger partial charge in [-0.2, -0.15) is 4.98 Å². The van der Waals surface area contributed by atoms with Crippen molar-refractivity contribution in [3.05, 3.63) is 46.3 Å². The van der Waals surface area contributed by atoms with Crippen LogP contribution in [0.15, 0.2) is 22.7 Å². The van der Waals surface area contributed by atoms with Crippen molar-refractivity contribution >= 4 is 11.6 Å². The number of halogens is 2. The van der Waals surface area contributed by atoms with Crippen LogP contribution in [0.2, 0.25) is 5.02 Å². The molecule has 5 nitrogen and oxygen atoms in total. The molecular weight excluding hydrogens is 273 g/mol. The zero-order valence-corrected chi connectivity index (χ0v) is 10.9. The van der Waals surface area contributed by atoms with E-state index in [9.17, 15) is 9.50 Å². The van der Waals surface area contributed by atoms with Crippen LogP contribution < -0.4 is 5.73 Å². The van der Waals surface area contributed by atoms with Crippen molar-refractivity contribution < 1.29 is 14.0 Å². The van der Waals surface area contributed by atoms with E-state index in [0.717, 1.165) is 0 Å². The van der Waals surface area contributed by atoms with Gasteiger partial charge in [-0.3, -0.25) is 0 Å². The first kappa shape index (κ1) is 13.9. The molecule has 1 heterocycles. The standard InChI is InChI=1S/C12H13ClFN3O2/c1-6(18)11(15)12-16-10(17-19-12)4-7-2-3-8(14)5-9(7)13/h2-3,5-6,11,18H,4,15H2,1H3. The van der Waals surface area contributed by atoms with E-state index in [2.05, 4.69) is 10.1 Å². The Morgan fingerprint density at radius 2 is 2.26 bits per heavy atom. The lowest BCUT2D eigenvalue weighted by Crippen LogP contribution is -2.23. The van der Waals surface area contributed by atoms with Crippen molar-refractivity contribution in [1.29, 1.82) is 0 Å². The minimum absolute atomic E-state index is 0.156. The second-order valence-corrected chi connectivity index (χ2v) is 4.63. The van der Waals surface area contributed by atoms with E-state index in [1.165, 1.54) is 19.1 Å². The summed E-state index contributed by atoms with van der Waals surface area (Å²) in [5, 5.41) is 13.4. The van der Waals surface area contributed by atoms with Gasteiger partial charge in [0, 0.05) is 11.4 Å². The molecule has 2 unspecified atom stereocenters. The number of aliphatic hydroxyl groups excluding tert-OH is 1. The van der Waals surface area contributed by atoms with Gasteiger partial charge in [0.15, 0.2) is 5.82 Å². The fourth-order valence-electron chi connectivity index (χ4n) is 1.52. The van der Waals surface area contributed by atoms with Crippen molar-refractivity contribution in [1.82, 2.24) is 10.1 Å². The highest BCUT2D eigenvalue weighted by Crippen LogP contribution is 2.20. The Morgan fingerprint density at radius 1 is 1.53 bits per heavy atom. The lowest BCUT2D eigenvalue weighted by Gasteiger charge is -2.08. The van der Waals surface area contributed by atoms with Gasteiger partial charge in [0.25, 0.3) is 0 Å². The van der Waals surface area contributed by atoms with E-state index in [0.29, 0.717) is 22.8 Å². The summed E-state index contributed by atoms with van der Waals surface area (Å²) in [5.41, 5.74) is 6.35. The molecule has 0 bridgehead atoms. The predicted octanol–water partition coefficient (Wildman–Crippen LogP) is 1.83. The SMILES string of the molecule is CC(O)C(N)c1nc(Cc2ccc(F)cc2Cl)no1. The second kappa shape index (κ2) is 5.64. The molecule has 2 aromatic rings. The monoisotopic (exact) mass is 285 g/mol. The second-order valence-electron chi connectivity index (χ2n) is 4.23. The molecule has 0 aliphatic heterocycles. The number of aromatic nitrogens is 2. The normalized spacial score (nSPS) is 14.4. The van der Waals surface area contributed by atoms with Gasteiger partial charge in [-0.1, -0.05) is 22.8 Å². The summed E-state index contributed by atoms with van der Waals surface area (Å²) in [4.78, 5) is 4.08. The smallest absolute Gasteiger partial charge is 0.246 e. The summed E-state index contributed by atoms with van der Waals surface area (Å²) in [6.07, 6.45) is -0.488. The molecule has 0 aliphatic carbocycles. The van der Waals surface area contributed by atoms with E-state index in [4.69, 9.17) is 21.9 Å². The highest BCUT2D eigenvalue weighted by Gasteiger charge is 2.19. The average Bonchev–Trinajstić information content (AvgIpc) is 2.80. The van der Waals surface area contributed by atoms with Crippen LogP contribution in [0.1, 0.15) is 30.2 Å². The molecule has 1 aromatic carbocycles. The maximum Gasteiger partial charge on any atom is 0.246 e. The first-order chi connectivity index (χ1) is 8.97. The van der Waals surface area contributed by atoms with Crippen LogP contribution >= 0.6 is 11.6 Å². The van der Waals surface area contributed by atoms with Crippen LogP contribution in [0.3, 0.4) is 0 Å². The molecule has 0 spiro atoms. The zero-order valence-electron chi connectivity index (χ0n) is 10.2. The van der Waals surface area contributed by atoms with Crippen molar-refractivity contribution in [2.75, 3.05) is 0 Å².